The summed E-state index contributed by atoms with van der Waals surface area (Å²) in [5.41, 5.74) is 4.64. The van der Waals surface area contributed by atoms with Crippen LogP contribution in [0.3, 0.4) is 0 Å². The molecule has 2 unspecified atom stereocenters. The fraction of sp³-hybridized carbons (Fsp3) is 0.483. The number of nitrogens with zero attached hydrogens (tertiary/aromatic N) is 2. The molecule has 3 heterocycles. The lowest BCUT2D eigenvalue weighted by Gasteiger charge is -2.35. The molecule has 10 heteroatoms. The van der Waals surface area contributed by atoms with Crippen LogP contribution in [-0.2, 0) is 10.0 Å². The van der Waals surface area contributed by atoms with E-state index >= 15 is 0 Å². The van der Waals surface area contributed by atoms with Crippen LogP contribution >= 0.6 is 0 Å². The minimum atomic E-state index is -3.68. The molecule has 2 saturated heterocycles. The third-order valence-electron chi connectivity index (χ3n) is 9.11. The molecule has 206 valence electrons. The second kappa shape index (κ2) is 9.16. The quantitative estimate of drug-likeness (QED) is 0.384. The third-order valence-corrected chi connectivity index (χ3v) is 10.4. The van der Waals surface area contributed by atoms with Gasteiger partial charge in [0.1, 0.15) is 0 Å². The first-order chi connectivity index (χ1) is 18.8. The van der Waals surface area contributed by atoms with Gasteiger partial charge in [-0.15, -0.1) is 0 Å². The van der Waals surface area contributed by atoms with Gasteiger partial charge >= 0.3 is 0 Å². The SMILES string of the molecule is O=C(Nc1cc(N2CC3CC3C2)c2occc2c1)c1ccc(NS(=O)(=O)CCO)cc1N1CCC2(CC1)CC2. The molecule has 2 saturated carbocycles. The number of anilines is 4. The first kappa shape index (κ1) is 24.8. The maximum absolute atomic E-state index is 13.7. The van der Waals surface area contributed by atoms with Crippen molar-refractivity contribution in [3.8, 4) is 0 Å². The highest BCUT2D eigenvalue weighted by atomic mass is 32.2. The summed E-state index contributed by atoms with van der Waals surface area (Å²) in [6, 6.07) is 10.9. The molecule has 1 spiro atoms. The van der Waals surface area contributed by atoms with Gasteiger partial charge in [0.25, 0.3) is 5.91 Å². The highest BCUT2D eigenvalue weighted by Gasteiger charge is 2.46. The average molecular weight is 551 g/mol. The molecule has 9 nitrogen and oxygen atoms in total. The summed E-state index contributed by atoms with van der Waals surface area (Å²) in [6.45, 7) is 3.24. The maximum atomic E-state index is 13.7. The minimum Gasteiger partial charge on any atom is -0.462 e. The number of carbonyl (C=O) groups is 1. The highest BCUT2D eigenvalue weighted by molar-refractivity contribution is 7.92. The second-order valence-corrected chi connectivity index (χ2v) is 13.7. The summed E-state index contributed by atoms with van der Waals surface area (Å²) in [6.07, 6.45) is 7.69. The monoisotopic (exact) mass is 550 g/mol. The van der Waals surface area contributed by atoms with E-state index in [1.165, 1.54) is 19.3 Å². The summed E-state index contributed by atoms with van der Waals surface area (Å²) in [4.78, 5) is 18.3. The number of amides is 1. The number of carbonyl (C=O) groups excluding carboxylic acids is 1. The summed E-state index contributed by atoms with van der Waals surface area (Å²) in [5.74, 6) is 0.917. The Balaban J connectivity index is 1.18. The van der Waals surface area contributed by atoms with Crippen molar-refractivity contribution in [1.29, 1.82) is 0 Å². The number of fused-ring (bicyclic) bond motifs is 2. The van der Waals surface area contributed by atoms with Crippen LogP contribution in [0.1, 0.15) is 42.5 Å². The van der Waals surface area contributed by atoms with Crippen LogP contribution in [0.4, 0.5) is 22.7 Å². The molecule has 0 radical (unpaired) electrons. The standard InChI is InChI=1S/C29H34N4O5S/c34-10-12-39(36,37)31-22-1-2-24(25(15-22)32-8-6-29(4-5-29)7-9-32)28(35)30-23-14-19-3-11-38-27(19)26(16-23)33-17-20-13-21(20)18-33/h1-3,11,14-16,20-21,31,34H,4-10,12-13,17-18H2,(H,30,35). The predicted molar refractivity (Wildman–Crippen MR) is 152 cm³/mol. The van der Waals surface area contributed by atoms with Gasteiger partial charge in [-0.3, -0.25) is 9.52 Å². The van der Waals surface area contributed by atoms with E-state index in [2.05, 4.69) is 19.8 Å². The van der Waals surface area contributed by atoms with E-state index in [9.17, 15) is 13.2 Å². The first-order valence-electron chi connectivity index (χ1n) is 13.9. The van der Waals surface area contributed by atoms with Crippen molar-refractivity contribution < 1.29 is 22.7 Å². The molecule has 0 bridgehead atoms. The van der Waals surface area contributed by atoms with Gasteiger partial charge in [0.15, 0.2) is 5.58 Å². The fourth-order valence-corrected chi connectivity index (χ4v) is 7.29. The number of aliphatic hydroxyl groups excluding tert-OH is 1. The van der Waals surface area contributed by atoms with Crippen LogP contribution in [0.5, 0.6) is 0 Å². The van der Waals surface area contributed by atoms with Crippen LogP contribution in [0.15, 0.2) is 47.1 Å². The largest absolute Gasteiger partial charge is 0.462 e. The Morgan fingerprint density at radius 3 is 2.44 bits per heavy atom. The number of hydrogen-bond acceptors (Lipinski definition) is 7. The van der Waals surface area contributed by atoms with Gasteiger partial charge < -0.3 is 24.6 Å². The molecule has 3 N–H and O–H groups in total. The predicted octanol–water partition coefficient (Wildman–Crippen LogP) is 4.26. The van der Waals surface area contributed by atoms with Crippen molar-refractivity contribution in [2.24, 2.45) is 17.3 Å². The number of sulfonamides is 1. The van der Waals surface area contributed by atoms with Crippen LogP contribution in [-0.4, -0.2) is 58.0 Å². The van der Waals surface area contributed by atoms with Crippen molar-refractivity contribution in [2.45, 2.75) is 32.1 Å². The fourth-order valence-electron chi connectivity index (χ4n) is 6.46. The molecule has 1 aromatic heterocycles. The molecule has 2 aliphatic carbocycles. The minimum absolute atomic E-state index is 0.237. The van der Waals surface area contributed by atoms with Crippen molar-refractivity contribution in [2.75, 3.05) is 58.4 Å². The molecule has 2 aliphatic heterocycles. The molecular formula is C29H34N4O5S. The molecular weight excluding hydrogens is 516 g/mol. The number of nitrogens with one attached hydrogen (secondary N) is 2. The number of benzene rings is 2. The Labute approximate surface area is 228 Å². The van der Waals surface area contributed by atoms with E-state index < -0.39 is 16.6 Å². The molecule has 4 aliphatic rings. The zero-order chi connectivity index (χ0) is 26.8. The second-order valence-electron chi connectivity index (χ2n) is 11.8. The van der Waals surface area contributed by atoms with Gasteiger partial charge in [0, 0.05) is 37.3 Å². The van der Waals surface area contributed by atoms with Gasteiger partial charge in [-0.1, -0.05) is 0 Å². The molecule has 1 amide bonds. The molecule has 2 atom stereocenters. The van der Waals surface area contributed by atoms with Gasteiger partial charge in [-0.05, 0) is 85.8 Å². The van der Waals surface area contributed by atoms with Gasteiger partial charge in [-0.25, -0.2) is 8.42 Å². The summed E-state index contributed by atoms with van der Waals surface area (Å²) < 4.78 is 33.0. The Bertz CT molecular complexity index is 1530. The Kier molecular flexibility index (Phi) is 5.82. The van der Waals surface area contributed by atoms with E-state index in [0.29, 0.717) is 22.4 Å². The van der Waals surface area contributed by atoms with E-state index in [0.717, 1.165) is 73.2 Å². The molecule has 39 heavy (non-hydrogen) atoms. The highest BCUT2D eigenvalue weighted by Crippen LogP contribution is 2.54. The lowest BCUT2D eigenvalue weighted by Crippen LogP contribution is -2.35. The summed E-state index contributed by atoms with van der Waals surface area (Å²) >= 11 is 0. The van der Waals surface area contributed by atoms with Gasteiger partial charge in [0.05, 0.1) is 41.2 Å². The normalized spacial score (nSPS) is 23.2. The smallest absolute Gasteiger partial charge is 0.257 e. The van der Waals surface area contributed by atoms with Crippen molar-refractivity contribution >= 4 is 49.6 Å². The lowest BCUT2D eigenvalue weighted by molar-refractivity contribution is 0.102. The zero-order valence-electron chi connectivity index (χ0n) is 21.9. The summed E-state index contributed by atoms with van der Waals surface area (Å²) in [7, 11) is -3.68. The maximum Gasteiger partial charge on any atom is 0.257 e. The zero-order valence-corrected chi connectivity index (χ0v) is 22.7. The first-order valence-corrected chi connectivity index (χ1v) is 15.5. The number of furan rings is 1. The Hall–Kier alpha value is -3.24. The Morgan fingerprint density at radius 2 is 1.72 bits per heavy atom. The number of aliphatic hydroxyl groups is 1. The van der Waals surface area contributed by atoms with Crippen molar-refractivity contribution in [3.05, 3.63) is 48.2 Å². The molecule has 2 aromatic carbocycles. The summed E-state index contributed by atoms with van der Waals surface area (Å²) in [5, 5.41) is 13.2. The van der Waals surface area contributed by atoms with Crippen LogP contribution in [0, 0.1) is 17.3 Å². The molecule has 4 fully saturated rings. The topological polar surface area (TPSA) is 115 Å². The van der Waals surface area contributed by atoms with Crippen molar-refractivity contribution in [3.63, 3.8) is 0 Å². The third kappa shape index (κ3) is 4.84. The molecule has 3 aromatic rings. The van der Waals surface area contributed by atoms with E-state index in [1.807, 2.05) is 18.2 Å². The lowest BCUT2D eigenvalue weighted by atomic mass is 9.93. The van der Waals surface area contributed by atoms with Gasteiger partial charge in [-0.2, -0.15) is 0 Å². The number of hydrogen-bond donors (Lipinski definition) is 3. The van der Waals surface area contributed by atoms with E-state index in [4.69, 9.17) is 9.52 Å². The number of rotatable bonds is 8. The average Bonchev–Trinajstić information content (AvgIpc) is 3.73. The van der Waals surface area contributed by atoms with E-state index in [1.54, 1.807) is 24.5 Å². The van der Waals surface area contributed by atoms with E-state index in [-0.39, 0.29) is 11.7 Å². The van der Waals surface area contributed by atoms with Crippen LogP contribution in [0.2, 0.25) is 0 Å². The number of piperidine rings is 2. The Morgan fingerprint density at radius 1 is 0.974 bits per heavy atom. The molecule has 7 rings (SSSR count). The van der Waals surface area contributed by atoms with Crippen LogP contribution < -0.4 is 19.8 Å². The van der Waals surface area contributed by atoms with Gasteiger partial charge in [0.2, 0.25) is 10.0 Å². The van der Waals surface area contributed by atoms with Crippen LogP contribution in [0.25, 0.3) is 11.0 Å². The van der Waals surface area contributed by atoms with Crippen molar-refractivity contribution in [1.82, 2.24) is 0 Å².